The van der Waals surface area contributed by atoms with Crippen molar-refractivity contribution in [1.29, 1.82) is 0 Å². The van der Waals surface area contributed by atoms with Crippen LogP contribution in [0.5, 0.6) is 0 Å². The third-order valence-electron chi connectivity index (χ3n) is 5.95. The van der Waals surface area contributed by atoms with Gasteiger partial charge in [0.05, 0.1) is 24.3 Å². The summed E-state index contributed by atoms with van der Waals surface area (Å²) in [5.74, 6) is 0.122. The monoisotopic (exact) mass is 505 g/mol. The Morgan fingerprint density at radius 3 is 2.25 bits per heavy atom. The average molecular weight is 506 g/mol. The van der Waals surface area contributed by atoms with E-state index in [4.69, 9.17) is 4.74 Å². The number of Topliss-reactive ketones (excluding diaryl/α,β-unsaturated/α-hetero) is 1. The Morgan fingerprint density at radius 2 is 1.75 bits per heavy atom. The lowest BCUT2D eigenvalue weighted by atomic mass is 9.94. The highest BCUT2D eigenvalue weighted by atomic mass is 19.4. The lowest BCUT2D eigenvalue weighted by Gasteiger charge is -2.19. The van der Waals surface area contributed by atoms with Crippen LogP contribution in [0, 0.1) is 17.8 Å². The number of alkyl halides is 3. The van der Waals surface area contributed by atoms with E-state index in [1.165, 1.54) is 14.0 Å². The summed E-state index contributed by atoms with van der Waals surface area (Å²) in [6.45, 7) is 7.68. The number of benzene rings is 1. The topological polar surface area (TPSA) is 55.7 Å². The molecule has 0 aromatic heterocycles. The van der Waals surface area contributed by atoms with Crippen molar-refractivity contribution in [2.75, 3.05) is 7.11 Å². The molecule has 1 aromatic carbocycles. The lowest BCUT2D eigenvalue weighted by Crippen LogP contribution is -2.23. The fraction of sp³-hybridized carbons (Fsp3) is 0.483. The Bertz CT molecular complexity index is 1020. The molecule has 2 aliphatic rings. The van der Waals surface area contributed by atoms with E-state index in [0.717, 1.165) is 25.3 Å². The van der Waals surface area contributed by atoms with Crippen LogP contribution < -0.4 is 0 Å². The molecule has 1 aliphatic carbocycles. The summed E-state index contributed by atoms with van der Waals surface area (Å²) in [6.07, 6.45) is 3.13. The lowest BCUT2D eigenvalue weighted by molar-refractivity contribution is -0.145. The van der Waals surface area contributed by atoms with E-state index in [1.54, 1.807) is 36.4 Å². The van der Waals surface area contributed by atoms with Crippen LogP contribution in [0.15, 0.2) is 64.8 Å². The second-order valence-electron chi connectivity index (χ2n) is 9.18. The summed E-state index contributed by atoms with van der Waals surface area (Å²) in [5.41, 5.74) is 0.450. The highest BCUT2D eigenvalue weighted by molar-refractivity contribution is 6.09. The van der Waals surface area contributed by atoms with Gasteiger partial charge >= 0.3 is 12.1 Å². The number of hydrogen-bond donors (Lipinski definition) is 0. The minimum absolute atomic E-state index is 0. The summed E-state index contributed by atoms with van der Waals surface area (Å²) in [4.78, 5) is 26.6. The molecular formula is C29H38F3NO3. The van der Waals surface area contributed by atoms with E-state index in [-0.39, 0.29) is 48.8 Å². The Kier molecular flexibility index (Phi) is 12.0. The van der Waals surface area contributed by atoms with E-state index < -0.39 is 11.7 Å². The zero-order valence-electron chi connectivity index (χ0n) is 21.0. The number of hydrogen-bond acceptors (Lipinski definition) is 4. The molecular weight excluding hydrogens is 467 g/mol. The molecule has 2 atom stereocenters. The van der Waals surface area contributed by atoms with Crippen molar-refractivity contribution in [2.45, 2.75) is 67.0 Å². The maximum atomic E-state index is 13.4. The molecule has 0 amide bonds. The second-order valence-corrected chi connectivity index (χ2v) is 9.18. The third kappa shape index (κ3) is 8.92. The maximum absolute atomic E-state index is 13.4. The minimum Gasteiger partial charge on any atom is -0.469 e. The molecule has 0 saturated heterocycles. The predicted molar refractivity (Wildman–Crippen MR) is 139 cm³/mol. The standard InChI is InChI=1S/C18H14F3NO.C10H20O2.CH4/c1-11(23)16-8-12-7-14(13-5-3-2-4-6-13)10-15(18(19,20)21)17(9-12)22-16;1-5-9(10(11)12-4)7-6-8(2)3;/h2-8,10,12H,9H2,1H3;8-9H,5-7H2,1-4H3;1H4. The van der Waals surface area contributed by atoms with Gasteiger partial charge in [0.2, 0.25) is 0 Å². The Labute approximate surface area is 213 Å². The molecule has 1 heterocycles. The third-order valence-corrected chi connectivity index (χ3v) is 5.95. The fourth-order valence-corrected chi connectivity index (χ4v) is 3.95. The number of aliphatic imine (C=N–C) groups is 1. The number of rotatable bonds is 7. The van der Waals surface area contributed by atoms with Crippen molar-refractivity contribution in [3.05, 3.63) is 65.4 Å². The number of fused-ring (bicyclic) bond motifs is 2. The predicted octanol–water partition coefficient (Wildman–Crippen LogP) is 7.76. The number of nitrogens with zero attached hydrogens (tertiary/aromatic N) is 1. The molecule has 0 radical (unpaired) electrons. The molecule has 3 rings (SSSR count). The maximum Gasteiger partial charge on any atom is 0.418 e. The molecule has 0 fully saturated rings. The first-order valence-electron chi connectivity index (χ1n) is 11.9. The highest BCUT2D eigenvalue weighted by Crippen LogP contribution is 2.38. The number of ketones is 1. The average Bonchev–Trinajstić information content (AvgIpc) is 2.94. The number of carbonyl (C=O) groups is 2. The molecule has 198 valence electrons. The zero-order valence-corrected chi connectivity index (χ0v) is 21.0. The van der Waals surface area contributed by atoms with Crippen LogP contribution >= 0.6 is 0 Å². The van der Waals surface area contributed by atoms with Crippen LogP contribution in [0.25, 0.3) is 5.57 Å². The van der Waals surface area contributed by atoms with Gasteiger partial charge in [-0.05, 0) is 42.0 Å². The molecule has 0 N–H and O–H groups in total. The van der Waals surface area contributed by atoms with Crippen molar-refractivity contribution in [3.63, 3.8) is 0 Å². The minimum atomic E-state index is -4.51. The molecule has 1 aliphatic heterocycles. The molecule has 0 saturated carbocycles. The van der Waals surface area contributed by atoms with E-state index in [9.17, 15) is 22.8 Å². The first-order valence-corrected chi connectivity index (χ1v) is 11.9. The summed E-state index contributed by atoms with van der Waals surface area (Å²) >= 11 is 0. The Balaban J connectivity index is 0.000000429. The second kappa shape index (κ2) is 14.0. The van der Waals surface area contributed by atoms with Crippen LogP contribution in [0.3, 0.4) is 0 Å². The normalized spacial score (nSPS) is 17.6. The van der Waals surface area contributed by atoms with E-state index in [2.05, 4.69) is 18.8 Å². The van der Waals surface area contributed by atoms with Crippen LogP contribution in [-0.4, -0.2) is 30.8 Å². The summed E-state index contributed by atoms with van der Waals surface area (Å²) in [6, 6.07) is 8.91. The molecule has 7 heteroatoms. The van der Waals surface area contributed by atoms with Crippen molar-refractivity contribution in [1.82, 2.24) is 0 Å². The molecule has 4 nitrogen and oxygen atoms in total. The zero-order chi connectivity index (χ0) is 26.2. The van der Waals surface area contributed by atoms with Crippen LogP contribution in [0.4, 0.5) is 13.2 Å². The van der Waals surface area contributed by atoms with Gasteiger partial charge in [0, 0.05) is 19.3 Å². The van der Waals surface area contributed by atoms with Crippen molar-refractivity contribution in [2.24, 2.45) is 22.7 Å². The summed E-state index contributed by atoms with van der Waals surface area (Å²) in [5, 5.41) is 0. The Hall–Kier alpha value is -2.96. The largest absolute Gasteiger partial charge is 0.469 e. The Morgan fingerprint density at radius 1 is 1.11 bits per heavy atom. The van der Waals surface area contributed by atoms with E-state index >= 15 is 0 Å². The molecule has 36 heavy (non-hydrogen) atoms. The molecule has 1 aromatic rings. The summed E-state index contributed by atoms with van der Waals surface area (Å²) in [7, 11) is 1.46. The number of allylic oxidation sites excluding steroid dienone is 6. The van der Waals surface area contributed by atoms with Gasteiger partial charge in [-0.2, -0.15) is 13.2 Å². The number of carbonyl (C=O) groups excluding carboxylic acids is 2. The van der Waals surface area contributed by atoms with Gasteiger partial charge < -0.3 is 4.74 Å². The van der Waals surface area contributed by atoms with Gasteiger partial charge in [-0.1, -0.05) is 71.0 Å². The van der Waals surface area contributed by atoms with Gasteiger partial charge in [-0.25, -0.2) is 4.99 Å². The number of esters is 1. The fourth-order valence-electron chi connectivity index (χ4n) is 3.95. The SMILES string of the molecule is C.CC(=O)C1=CC2C=C(c3ccccc3)C=C(C(F)(F)F)C(=N1)C2.CCC(CCC(C)C)C(=O)OC. The van der Waals surface area contributed by atoms with Gasteiger partial charge in [0.25, 0.3) is 0 Å². The quantitative estimate of drug-likeness (QED) is 0.356. The van der Waals surface area contributed by atoms with Crippen molar-refractivity contribution < 1.29 is 27.5 Å². The first-order chi connectivity index (χ1) is 16.5. The van der Waals surface area contributed by atoms with Gasteiger partial charge in [-0.15, -0.1) is 0 Å². The van der Waals surface area contributed by atoms with E-state index in [0.29, 0.717) is 17.1 Å². The first kappa shape index (κ1) is 31.1. The summed E-state index contributed by atoms with van der Waals surface area (Å²) < 4.78 is 45.0. The number of methoxy groups -OCH3 is 1. The smallest absolute Gasteiger partial charge is 0.418 e. The van der Waals surface area contributed by atoms with Crippen LogP contribution in [0.2, 0.25) is 0 Å². The molecule has 2 unspecified atom stereocenters. The van der Waals surface area contributed by atoms with Gasteiger partial charge in [-0.3, -0.25) is 9.59 Å². The van der Waals surface area contributed by atoms with Crippen molar-refractivity contribution >= 4 is 23.0 Å². The van der Waals surface area contributed by atoms with Crippen LogP contribution in [-0.2, 0) is 14.3 Å². The van der Waals surface area contributed by atoms with Gasteiger partial charge in [0.1, 0.15) is 5.70 Å². The highest BCUT2D eigenvalue weighted by Gasteiger charge is 2.39. The number of halogens is 3. The van der Waals surface area contributed by atoms with E-state index in [1.807, 2.05) is 13.0 Å². The molecule has 2 bridgehead atoms. The van der Waals surface area contributed by atoms with Gasteiger partial charge in [0.15, 0.2) is 5.78 Å². The van der Waals surface area contributed by atoms with Crippen molar-refractivity contribution in [3.8, 4) is 0 Å². The van der Waals surface area contributed by atoms with Crippen LogP contribution in [0.1, 0.15) is 66.4 Å². The molecule has 0 spiro atoms. The number of ether oxygens (including phenoxy) is 1.